The third-order valence-corrected chi connectivity index (χ3v) is 6.02. The second kappa shape index (κ2) is 5.08. The molecule has 1 unspecified atom stereocenters. The van der Waals surface area contributed by atoms with E-state index in [1.807, 2.05) is 36.4 Å². The van der Waals surface area contributed by atoms with Crippen LogP contribution in [0.2, 0.25) is 5.02 Å². The summed E-state index contributed by atoms with van der Waals surface area (Å²) in [6, 6.07) is 11.8. The van der Waals surface area contributed by atoms with Gasteiger partial charge in [-0.05, 0) is 48.6 Å². The van der Waals surface area contributed by atoms with Crippen LogP contribution < -0.4 is 5.73 Å². The minimum absolute atomic E-state index is 0.0167. The van der Waals surface area contributed by atoms with Gasteiger partial charge in [-0.2, -0.15) is 0 Å². The van der Waals surface area contributed by atoms with Crippen LogP contribution >= 0.6 is 22.9 Å². The lowest BCUT2D eigenvalue weighted by molar-refractivity contribution is -0.131. The van der Waals surface area contributed by atoms with Crippen LogP contribution in [-0.4, -0.2) is 23.8 Å². The van der Waals surface area contributed by atoms with E-state index in [4.69, 9.17) is 17.3 Å². The van der Waals surface area contributed by atoms with Crippen LogP contribution in [0.25, 0.3) is 10.4 Å². The number of carbonyl (C=O) groups is 1. The first-order valence-electron chi connectivity index (χ1n) is 7.52. The number of thiophene rings is 1. The van der Waals surface area contributed by atoms with Crippen molar-refractivity contribution in [2.45, 2.75) is 18.4 Å². The van der Waals surface area contributed by atoms with E-state index >= 15 is 0 Å². The van der Waals surface area contributed by atoms with Crippen molar-refractivity contribution in [1.29, 1.82) is 0 Å². The van der Waals surface area contributed by atoms with Crippen molar-refractivity contribution in [2.75, 3.05) is 7.05 Å². The molecular formula is C17H16ClN3OS. The summed E-state index contributed by atoms with van der Waals surface area (Å²) < 4.78 is 0. The van der Waals surface area contributed by atoms with E-state index in [1.165, 1.54) is 4.90 Å². The smallest absolute Gasteiger partial charge is 0.262 e. The molecule has 2 N–H and O–H groups in total. The topological polar surface area (TPSA) is 58.7 Å². The summed E-state index contributed by atoms with van der Waals surface area (Å²) in [6.07, 6.45) is 2.03. The maximum Gasteiger partial charge on any atom is 0.262 e. The highest BCUT2D eigenvalue weighted by Gasteiger charge is 2.58. The summed E-state index contributed by atoms with van der Waals surface area (Å²) in [5.41, 5.74) is 6.16. The Hall–Kier alpha value is -1.85. The molecule has 0 saturated heterocycles. The van der Waals surface area contributed by atoms with Gasteiger partial charge in [0.05, 0.1) is 0 Å². The van der Waals surface area contributed by atoms with Crippen molar-refractivity contribution in [3.8, 4) is 10.4 Å². The Morgan fingerprint density at radius 1 is 1.35 bits per heavy atom. The Bertz CT molecular complexity index is 827. The Kier molecular flexibility index (Phi) is 3.25. The summed E-state index contributed by atoms with van der Waals surface area (Å²) in [5, 5.41) is 0.702. The standard InChI is InChI=1S/C17H16ClN3OS/c1-21-15(22)17(11-5-6-11,20-16(21)19)14-8-7-13(23-14)10-3-2-4-12(18)9-10/h2-4,7-9,11H,5-6H2,1H3,(H2,19,20). The molecular weight excluding hydrogens is 330 g/mol. The van der Waals surface area contributed by atoms with Crippen molar-refractivity contribution in [3.63, 3.8) is 0 Å². The molecule has 118 valence electrons. The normalized spacial score (nSPS) is 24.2. The van der Waals surface area contributed by atoms with E-state index in [-0.39, 0.29) is 11.8 Å². The molecule has 1 aromatic carbocycles. The average Bonchev–Trinajstić information content (AvgIpc) is 3.22. The van der Waals surface area contributed by atoms with E-state index in [2.05, 4.69) is 4.99 Å². The van der Waals surface area contributed by atoms with Crippen molar-refractivity contribution in [1.82, 2.24) is 4.90 Å². The number of hydrogen-bond donors (Lipinski definition) is 1. The molecule has 0 radical (unpaired) electrons. The lowest BCUT2D eigenvalue weighted by Gasteiger charge is -2.23. The Balaban J connectivity index is 1.80. The van der Waals surface area contributed by atoms with Crippen molar-refractivity contribution in [2.24, 2.45) is 16.6 Å². The van der Waals surface area contributed by atoms with Crippen molar-refractivity contribution < 1.29 is 4.79 Å². The molecule has 4 nitrogen and oxygen atoms in total. The number of nitrogens with two attached hydrogens (primary N) is 1. The Labute approximate surface area is 143 Å². The van der Waals surface area contributed by atoms with Crippen LogP contribution in [0.4, 0.5) is 0 Å². The predicted molar refractivity (Wildman–Crippen MR) is 93.6 cm³/mol. The molecule has 1 aliphatic carbocycles. The van der Waals surface area contributed by atoms with Gasteiger partial charge in [-0.3, -0.25) is 9.69 Å². The quantitative estimate of drug-likeness (QED) is 0.926. The van der Waals surface area contributed by atoms with Gasteiger partial charge in [-0.25, -0.2) is 4.99 Å². The molecule has 6 heteroatoms. The van der Waals surface area contributed by atoms with Crippen molar-refractivity contribution in [3.05, 3.63) is 46.3 Å². The highest BCUT2D eigenvalue weighted by Crippen LogP contribution is 2.53. The molecule has 2 aromatic rings. The maximum atomic E-state index is 12.8. The average molecular weight is 346 g/mol. The van der Waals surface area contributed by atoms with Crippen molar-refractivity contribution >= 4 is 34.8 Å². The van der Waals surface area contributed by atoms with Crippen LogP contribution in [0.5, 0.6) is 0 Å². The first kappa shape index (κ1) is 14.7. The molecule has 1 amide bonds. The zero-order chi connectivity index (χ0) is 16.2. The minimum Gasteiger partial charge on any atom is -0.369 e. The van der Waals surface area contributed by atoms with E-state index in [0.29, 0.717) is 11.0 Å². The Morgan fingerprint density at radius 2 is 2.13 bits per heavy atom. The summed E-state index contributed by atoms with van der Waals surface area (Å²) in [5.74, 6) is 0.543. The van der Waals surface area contributed by atoms with E-state index in [0.717, 1.165) is 28.2 Å². The number of aliphatic imine (C=N–C) groups is 1. The zero-order valence-corrected chi connectivity index (χ0v) is 14.2. The number of benzene rings is 1. The largest absolute Gasteiger partial charge is 0.369 e. The maximum absolute atomic E-state index is 12.8. The summed E-state index contributed by atoms with van der Waals surface area (Å²) >= 11 is 7.68. The molecule has 1 saturated carbocycles. The summed E-state index contributed by atoms with van der Waals surface area (Å²) in [7, 11) is 1.69. The van der Waals surface area contributed by atoms with Gasteiger partial charge >= 0.3 is 0 Å². The molecule has 1 aromatic heterocycles. The third-order valence-electron chi connectivity index (χ3n) is 4.52. The number of guanidine groups is 1. The Morgan fingerprint density at radius 3 is 2.74 bits per heavy atom. The van der Waals surface area contributed by atoms with Crippen LogP contribution in [0.1, 0.15) is 17.7 Å². The number of amides is 1. The number of likely N-dealkylation sites (N-methyl/N-ethyl adjacent to an activating group) is 1. The van der Waals surface area contributed by atoms with Crippen LogP contribution in [0.15, 0.2) is 41.4 Å². The lowest BCUT2D eigenvalue weighted by Crippen LogP contribution is -2.41. The monoisotopic (exact) mass is 345 g/mol. The molecule has 1 atom stereocenters. The second-order valence-electron chi connectivity index (χ2n) is 6.05. The molecule has 1 aliphatic heterocycles. The number of halogens is 1. The number of rotatable bonds is 3. The highest BCUT2D eigenvalue weighted by atomic mass is 35.5. The molecule has 4 rings (SSSR count). The minimum atomic E-state index is -0.819. The molecule has 0 bridgehead atoms. The van der Waals surface area contributed by atoms with Gasteiger partial charge in [0.15, 0.2) is 11.5 Å². The molecule has 2 heterocycles. The van der Waals surface area contributed by atoms with Gasteiger partial charge in [0.2, 0.25) is 0 Å². The third kappa shape index (κ3) is 2.18. The van der Waals surface area contributed by atoms with Gasteiger partial charge in [0, 0.05) is 21.8 Å². The van der Waals surface area contributed by atoms with E-state index in [1.54, 1.807) is 18.4 Å². The lowest BCUT2D eigenvalue weighted by atomic mass is 9.91. The number of nitrogens with zero attached hydrogens (tertiary/aromatic N) is 2. The van der Waals surface area contributed by atoms with Crippen LogP contribution in [-0.2, 0) is 10.3 Å². The van der Waals surface area contributed by atoms with E-state index < -0.39 is 5.54 Å². The molecule has 23 heavy (non-hydrogen) atoms. The summed E-state index contributed by atoms with van der Waals surface area (Å²) in [4.78, 5) is 20.9. The van der Waals surface area contributed by atoms with E-state index in [9.17, 15) is 4.79 Å². The zero-order valence-electron chi connectivity index (χ0n) is 12.6. The fourth-order valence-electron chi connectivity index (χ4n) is 3.13. The molecule has 2 aliphatic rings. The number of carbonyl (C=O) groups excluding carboxylic acids is 1. The highest BCUT2D eigenvalue weighted by molar-refractivity contribution is 7.15. The predicted octanol–water partition coefficient (Wildman–Crippen LogP) is 3.46. The molecule has 1 fully saturated rings. The summed E-state index contributed by atoms with van der Waals surface area (Å²) in [6.45, 7) is 0. The van der Waals surface area contributed by atoms with Gasteiger partial charge < -0.3 is 5.73 Å². The second-order valence-corrected chi connectivity index (χ2v) is 7.57. The molecule has 0 spiro atoms. The van der Waals surface area contributed by atoms with Gasteiger partial charge in [0.1, 0.15) is 0 Å². The first-order valence-corrected chi connectivity index (χ1v) is 8.71. The first-order chi connectivity index (χ1) is 11.0. The van der Waals surface area contributed by atoms with Crippen LogP contribution in [0.3, 0.4) is 0 Å². The van der Waals surface area contributed by atoms with Crippen LogP contribution in [0, 0.1) is 5.92 Å². The van der Waals surface area contributed by atoms with Gasteiger partial charge in [-0.1, -0.05) is 23.7 Å². The van der Waals surface area contributed by atoms with Gasteiger partial charge in [-0.15, -0.1) is 11.3 Å². The fourth-order valence-corrected chi connectivity index (χ4v) is 4.53. The van der Waals surface area contributed by atoms with Gasteiger partial charge in [0.25, 0.3) is 5.91 Å². The number of hydrogen-bond acceptors (Lipinski definition) is 4. The SMILES string of the molecule is CN1C(=O)C(c2ccc(-c3cccc(Cl)c3)s2)(C2CC2)N=C1N. The fraction of sp³-hybridized carbons (Fsp3) is 0.294.